The van der Waals surface area contributed by atoms with E-state index in [9.17, 15) is 31.0 Å². The number of carbonyl (C=O) groups is 1. The molecule has 190 valence electrons. The quantitative estimate of drug-likeness (QED) is 0.231. The zero-order chi connectivity index (χ0) is 26.5. The predicted molar refractivity (Wildman–Crippen MR) is 118 cm³/mol. The summed E-state index contributed by atoms with van der Waals surface area (Å²) in [6.45, 7) is 0. The summed E-state index contributed by atoms with van der Waals surface area (Å²) in [5.74, 6) is -2.08. The lowest BCUT2D eigenvalue weighted by Gasteiger charge is -2.11. The molecule has 1 amide bonds. The van der Waals surface area contributed by atoms with Crippen molar-refractivity contribution in [1.29, 1.82) is 0 Å². The van der Waals surface area contributed by atoms with Crippen LogP contribution in [0.2, 0.25) is 5.02 Å². The van der Waals surface area contributed by atoms with Gasteiger partial charge in [0.05, 0.1) is 32.4 Å². The molecule has 0 aliphatic carbocycles. The van der Waals surface area contributed by atoms with Crippen LogP contribution in [0.3, 0.4) is 0 Å². The highest BCUT2D eigenvalue weighted by atomic mass is 35.5. The molecule has 16 heteroatoms. The third kappa shape index (κ3) is 5.50. The van der Waals surface area contributed by atoms with Crippen molar-refractivity contribution in [2.24, 2.45) is 4.36 Å². The van der Waals surface area contributed by atoms with Gasteiger partial charge in [0, 0.05) is 29.1 Å². The van der Waals surface area contributed by atoms with Crippen LogP contribution in [0.25, 0.3) is 17.0 Å². The van der Waals surface area contributed by atoms with Crippen LogP contribution in [0.4, 0.5) is 22.0 Å². The number of hydrogen-bond donors (Lipinski definition) is 0. The topological polar surface area (TPSA) is 103 Å². The normalized spacial score (nSPS) is 14.1. The van der Waals surface area contributed by atoms with Gasteiger partial charge >= 0.3 is 17.4 Å². The van der Waals surface area contributed by atoms with E-state index in [4.69, 9.17) is 23.2 Å². The van der Waals surface area contributed by atoms with Crippen molar-refractivity contribution in [3.8, 4) is 11.4 Å². The summed E-state index contributed by atoms with van der Waals surface area (Å²) in [7, 11) is -3.41. The molecule has 0 N–H and O–H groups in total. The smallest absolute Gasteiger partial charge is 0.331 e. The molecule has 0 fully saturated rings. The van der Waals surface area contributed by atoms with Crippen LogP contribution in [0.15, 0.2) is 56.5 Å². The van der Waals surface area contributed by atoms with Gasteiger partial charge < -0.3 is 8.92 Å². The average molecular weight is 568 g/mol. The van der Waals surface area contributed by atoms with E-state index in [1.165, 1.54) is 28.9 Å². The van der Waals surface area contributed by atoms with Crippen LogP contribution in [0.1, 0.15) is 17.1 Å². The molecular weight excluding hydrogens is 556 g/mol. The summed E-state index contributed by atoms with van der Waals surface area (Å²) < 4.78 is 87.4. The molecule has 8 nitrogen and oxygen atoms in total. The second kappa shape index (κ2) is 9.09. The SMILES string of the molecule is CS(=O)(=NC(=O)Cc1cn2ccc(-c3noc(C(F)(F)Cl)n3)cc2n1)c1ccc(C(F)(F)F)c(Cl)c1. The van der Waals surface area contributed by atoms with E-state index in [-0.39, 0.29) is 28.4 Å². The maximum Gasteiger partial charge on any atom is 0.417 e. The first kappa shape index (κ1) is 26.0. The van der Waals surface area contributed by atoms with Gasteiger partial charge in [-0.2, -0.15) is 31.3 Å². The van der Waals surface area contributed by atoms with Crippen molar-refractivity contribution in [3.05, 3.63) is 64.9 Å². The fraction of sp³-hybridized carbons (Fsp3) is 0.200. The summed E-state index contributed by atoms with van der Waals surface area (Å²) in [5, 5.41) is -1.05. The van der Waals surface area contributed by atoms with Crippen molar-refractivity contribution in [3.63, 3.8) is 0 Å². The molecule has 0 aliphatic rings. The largest absolute Gasteiger partial charge is 0.417 e. The monoisotopic (exact) mass is 567 g/mol. The van der Waals surface area contributed by atoms with E-state index in [2.05, 4.69) is 24.0 Å². The van der Waals surface area contributed by atoms with Gasteiger partial charge in [0.1, 0.15) is 5.65 Å². The summed E-state index contributed by atoms with van der Waals surface area (Å²) in [5.41, 5.74) is -0.303. The zero-order valence-electron chi connectivity index (χ0n) is 17.8. The van der Waals surface area contributed by atoms with Gasteiger partial charge in [-0.05, 0) is 41.9 Å². The third-order valence-electron chi connectivity index (χ3n) is 4.73. The number of halogens is 7. The first-order valence-corrected chi connectivity index (χ1v) is 12.3. The second-order valence-corrected chi connectivity index (χ2v) is 10.6. The van der Waals surface area contributed by atoms with Crippen molar-refractivity contribution in [2.45, 2.75) is 22.9 Å². The number of alkyl halides is 6. The first-order valence-electron chi connectivity index (χ1n) is 9.64. The lowest BCUT2D eigenvalue weighted by atomic mass is 10.2. The fourth-order valence-corrected chi connectivity index (χ4v) is 4.75. The summed E-state index contributed by atoms with van der Waals surface area (Å²) >= 11 is 10.5. The standard InChI is InChI=1S/C20H12Cl2F5N5O3S/c1-36(34,12-2-3-13(14(21)8-12)20(25,26)27)31-16(33)7-11-9-32-5-4-10(6-15(32)28-11)17-29-18(35-30-17)19(22,23)24/h2-6,8-9H,7H2,1H3. The molecule has 3 aromatic heterocycles. The van der Waals surface area contributed by atoms with Gasteiger partial charge in [0.25, 0.3) is 5.91 Å². The van der Waals surface area contributed by atoms with E-state index >= 15 is 0 Å². The Bertz CT molecular complexity index is 1600. The maximum atomic E-state index is 13.1. The molecule has 1 atom stereocenters. The number of rotatable bonds is 5. The Kier molecular flexibility index (Phi) is 6.56. The molecule has 0 radical (unpaired) electrons. The minimum atomic E-state index is -4.69. The molecule has 0 bridgehead atoms. The Morgan fingerprint density at radius 3 is 2.50 bits per heavy atom. The van der Waals surface area contributed by atoms with Gasteiger partial charge in [0.15, 0.2) is 0 Å². The molecule has 1 unspecified atom stereocenters. The Balaban J connectivity index is 1.56. The van der Waals surface area contributed by atoms with Gasteiger partial charge in [-0.25, -0.2) is 9.19 Å². The highest BCUT2D eigenvalue weighted by Gasteiger charge is 2.36. The number of nitrogens with zero attached hydrogens (tertiary/aromatic N) is 5. The molecule has 36 heavy (non-hydrogen) atoms. The Morgan fingerprint density at radius 2 is 1.89 bits per heavy atom. The molecule has 3 heterocycles. The Morgan fingerprint density at radius 1 is 1.17 bits per heavy atom. The number of aromatic nitrogens is 4. The summed E-state index contributed by atoms with van der Waals surface area (Å²) in [6, 6.07) is 5.41. The number of carbonyl (C=O) groups excluding carboxylic acids is 1. The van der Waals surface area contributed by atoms with Crippen molar-refractivity contribution < 1.29 is 35.5 Å². The number of fused-ring (bicyclic) bond motifs is 1. The second-order valence-electron chi connectivity index (χ2n) is 7.44. The highest BCUT2D eigenvalue weighted by molar-refractivity contribution is 7.93. The number of benzene rings is 1. The number of amides is 1. The molecule has 4 aromatic rings. The molecule has 0 saturated heterocycles. The lowest BCUT2D eigenvalue weighted by molar-refractivity contribution is -0.137. The van der Waals surface area contributed by atoms with Gasteiger partial charge in [-0.3, -0.25) is 4.79 Å². The summed E-state index contributed by atoms with van der Waals surface area (Å²) in [6.07, 6.45) is -0.982. The third-order valence-corrected chi connectivity index (χ3v) is 6.88. The molecule has 0 spiro atoms. The van der Waals surface area contributed by atoms with Crippen LogP contribution in [0, 0.1) is 0 Å². The van der Waals surface area contributed by atoms with Gasteiger partial charge in [-0.1, -0.05) is 16.8 Å². The van der Waals surface area contributed by atoms with Gasteiger partial charge in [-0.15, -0.1) is 0 Å². The minimum absolute atomic E-state index is 0.143. The zero-order valence-corrected chi connectivity index (χ0v) is 20.1. The number of pyridine rings is 1. The molecule has 1 aromatic carbocycles. The molecule has 0 aliphatic heterocycles. The van der Waals surface area contributed by atoms with Crippen LogP contribution in [0.5, 0.6) is 0 Å². The highest BCUT2D eigenvalue weighted by Crippen LogP contribution is 2.36. The molecular formula is C20H12Cl2F5N5O3S. The maximum absolute atomic E-state index is 13.1. The van der Waals surface area contributed by atoms with E-state index in [0.29, 0.717) is 11.7 Å². The Labute approximate surface area is 209 Å². The molecule has 0 saturated carbocycles. The van der Waals surface area contributed by atoms with Crippen LogP contribution < -0.4 is 0 Å². The fourth-order valence-electron chi connectivity index (χ4n) is 3.11. The summed E-state index contributed by atoms with van der Waals surface area (Å²) in [4.78, 5) is 20.1. The van der Waals surface area contributed by atoms with Crippen molar-refractivity contribution >= 4 is 44.5 Å². The van der Waals surface area contributed by atoms with Crippen molar-refractivity contribution in [1.82, 2.24) is 19.5 Å². The van der Waals surface area contributed by atoms with Crippen LogP contribution in [-0.4, -0.2) is 35.9 Å². The van der Waals surface area contributed by atoms with Crippen LogP contribution in [-0.2, 0) is 32.5 Å². The Hall–Kier alpha value is -3.10. The predicted octanol–water partition coefficient (Wildman–Crippen LogP) is 5.57. The van der Waals surface area contributed by atoms with E-state index < -0.39 is 43.7 Å². The molecule has 4 rings (SSSR count). The number of imidazole rings is 1. The van der Waals surface area contributed by atoms with Crippen molar-refractivity contribution in [2.75, 3.05) is 6.26 Å². The van der Waals surface area contributed by atoms with Crippen LogP contribution >= 0.6 is 23.2 Å². The van der Waals surface area contributed by atoms with E-state index in [1.54, 1.807) is 0 Å². The first-order chi connectivity index (χ1) is 16.6. The van der Waals surface area contributed by atoms with E-state index in [0.717, 1.165) is 18.4 Å². The average Bonchev–Trinajstić information content (AvgIpc) is 3.38. The number of hydrogen-bond acceptors (Lipinski definition) is 6. The van der Waals surface area contributed by atoms with E-state index in [1.807, 2.05) is 0 Å². The lowest BCUT2D eigenvalue weighted by Crippen LogP contribution is -2.09. The minimum Gasteiger partial charge on any atom is -0.331 e. The van der Waals surface area contributed by atoms with Gasteiger partial charge in [0.2, 0.25) is 5.82 Å².